The van der Waals surface area contributed by atoms with E-state index >= 15 is 0 Å². The van der Waals surface area contributed by atoms with Crippen LogP contribution in [0.15, 0.2) is 66.7 Å². The van der Waals surface area contributed by atoms with E-state index in [0.29, 0.717) is 5.75 Å². The minimum atomic E-state index is 0.349. The first-order valence-electron chi connectivity index (χ1n) is 6.08. The maximum Gasteiger partial charge on any atom is 0.123 e. The highest BCUT2D eigenvalue weighted by molar-refractivity contribution is 5.90. The normalized spacial score (nSPS) is 10.7. The molecule has 88 valence electrons. The average molecular weight is 234 g/mol. The quantitative estimate of drug-likeness (QED) is 0.706. The molecule has 0 aromatic heterocycles. The van der Waals surface area contributed by atoms with Crippen molar-refractivity contribution >= 4 is 10.8 Å². The second kappa shape index (κ2) is 4.53. The van der Waals surface area contributed by atoms with Crippen molar-refractivity contribution < 1.29 is 5.11 Å². The molecule has 3 aromatic rings. The predicted octanol–water partition coefficient (Wildman–Crippen LogP) is 4.14. The van der Waals surface area contributed by atoms with E-state index in [1.54, 1.807) is 6.07 Å². The molecule has 0 amide bonds. The Morgan fingerprint density at radius 3 is 2.11 bits per heavy atom. The van der Waals surface area contributed by atoms with Gasteiger partial charge in [-0.2, -0.15) is 0 Å². The van der Waals surface area contributed by atoms with Crippen LogP contribution in [-0.2, 0) is 6.42 Å². The van der Waals surface area contributed by atoms with Gasteiger partial charge in [0.1, 0.15) is 5.75 Å². The first-order chi connectivity index (χ1) is 8.84. The predicted molar refractivity (Wildman–Crippen MR) is 74.9 cm³/mol. The van der Waals surface area contributed by atoms with E-state index in [-0.39, 0.29) is 0 Å². The van der Waals surface area contributed by atoms with E-state index in [1.165, 1.54) is 11.1 Å². The molecule has 0 spiro atoms. The molecule has 0 heterocycles. The first kappa shape index (κ1) is 10.8. The third-order valence-electron chi connectivity index (χ3n) is 3.23. The minimum absolute atomic E-state index is 0.349. The highest BCUT2D eigenvalue weighted by Gasteiger charge is 2.05. The van der Waals surface area contributed by atoms with E-state index in [0.717, 1.165) is 17.2 Å². The van der Waals surface area contributed by atoms with Crippen molar-refractivity contribution in [3.63, 3.8) is 0 Å². The second-order valence-electron chi connectivity index (χ2n) is 4.45. The van der Waals surface area contributed by atoms with Crippen molar-refractivity contribution in [1.82, 2.24) is 0 Å². The summed E-state index contributed by atoms with van der Waals surface area (Å²) in [6.45, 7) is 0. The Bertz CT molecular complexity index is 672. The van der Waals surface area contributed by atoms with Gasteiger partial charge in [0.25, 0.3) is 0 Å². The number of phenolic OH excluding ortho intramolecular Hbond substituents is 1. The van der Waals surface area contributed by atoms with Crippen LogP contribution in [0.2, 0.25) is 0 Å². The first-order valence-corrected chi connectivity index (χ1v) is 6.08. The Balaban J connectivity index is 2.10. The molecule has 0 fully saturated rings. The van der Waals surface area contributed by atoms with Gasteiger partial charge < -0.3 is 5.11 Å². The van der Waals surface area contributed by atoms with Crippen LogP contribution in [0.3, 0.4) is 0 Å². The van der Waals surface area contributed by atoms with Crippen LogP contribution in [0.25, 0.3) is 10.8 Å². The third kappa shape index (κ3) is 1.95. The maximum absolute atomic E-state index is 9.86. The standard InChI is InChI=1S/C17H14O/c18-17-11-10-14(12-13-6-2-1-3-7-13)15-8-4-5-9-16(15)17/h1-11,18H,12H2. The molecule has 0 bridgehead atoms. The molecule has 0 aliphatic rings. The summed E-state index contributed by atoms with van der Waals surface area (Å²) in [5.74, 6) is 0.349. The number of phenols is 1. The topological polar surface area (TPSA) is 20.2 Å². The van der Waals surface area contributed by atoms with Crippen molar-refractivity contribution in [2.75, 3.05) is 0 Å². The van der Waals surface area contributed by atoms with Gasteiger partial charge in [-0.25, -0.2) is 0 Å². The van der Waals surface area contributed by atoms with Crippen LogP contribution in [0.4, 0.5) is 0 Å². The molecule has 0 saturated heterocycles. The lowest BCUT2D eigenvalue weighted by atomic mass is 9.98. The second-order valence-corrected chi connectivity index (χ2v) is 4.45. The average Bonchev–Trinajstić information content (AvgIpc) is 2.44. The van der Waals surface area contributed by atoms with Gasteiger partial charge in [-0.3, -0.25) is 0 Å². The maximum atomic E-state index is 9.86. The molecule has 1 nitrogen and oxygen atoms in total. The lowest BCUT2D eigenvalue weighted by Crippen LogP contribution is -1.89. The zero-order valence-corrected chi connectivity index (χ0v) is 10.0. The SMILES string of the molecule is Oc1ccc(Cc2ccccc2)c2ccccc12. The van der Waals surface area contributed by atoms with Gasteiger partial charge in [0.05, 0.1) is 0 Å². The highest BCUT2D eigenvalue weighted by atomic mass is 16.3. The summed E-state index contributed by atoms with van der Waals surface area (Å²) in [7, 11) is 0. The van der Waals surface area contributed by atoms with Gasteiger partial charge in [-0.05, 0) is 29.0 Å². The van der Waals surface area contributed by atoms with Crippen LogP contribution >= 0.6 is 0 Å². The van der Waals surface area contributed by atoms with Gasteiger partial charge >= 0.3 is 0 Å². The van der Waals surface area contributed by atoms with E-state index in [4.69, 9.17) is 0 Å². The largest absolute Gasteiger partial charge is 0.507 e. The lowest BCUT2D eigenvalue weighted by molar-refractivity contribution is 0.481. The Labute approximate surface area is 106 Å². The molecule has 0 radical (unpaired) electrons. The number of fused-ring (bicyclic) bond motifs is 1. The zero-order valence-electron chi connectivity index (χ0n) is 10.0. The summed E-state index contributed by atoms with van der Waals surface area (Å²) >= 11 is 0. The van der Waals surface area contributed by atoms with Crippen LogP contribution in [0, 0.1) is 0 Å². The molecule has 0 saturated carbocycles. The van der Waals surface area contributed by atoms with Gasteiger partial charge in [-0.15, -0.1) is 0 Å². The molecule has 3 rings (SSSR count). The fourth-order valence-electron chi connectivity index (χ4n) is 2.32. The number of hydrogen-bond donors (Lipinski definition) is 1. The number of hydrogen-bond acceptors (Lipinski definition) is 1. The summed E-state index contributed by atoms with van der Waals surface area (Å²) in [6.07, 6.45) is 0.891. The molecule has 18 heavy (non-hydrogen) atoms. The monoisotopic (exact) mass is 234 g/mol. The Kier molecular flexibility index (Phi) is 2.73. The molecule has 0 unspecified atom stereocenters. The summed E-state index contributed by atoms with van der Waals surface area (Å²) in [5.41, 5.74) is 2.53. The Morgan fingerprint density at radius 2 is 1.33 bits per heavy atom. The summed E-state index contributed by atoms with van der Waals surface area (Å²) in [4.78, 5) is 0. The van der Waals surface area contributed by atoms with Gasteiger partial charge in [0.15, 0.2) is 0 Å². The highest BCUT2D eigenvalue weighted by Crippen LogP contribution is 2.28. The van der Waals surface area contributed by atoms with Gasteiger partial charge in [0.2, 0.25) is 0 Å². The molecule has 3 aromatic carbocycles. The summed E-state index contributed by atoms with van der Waals surface area (Å²) < 4.78 is 0. The van der Waals surface area contributed by atoms with Crippen LogP contribution < -0.4 is 0 Å². The van der Waals surface area contributed by atoms with Gasteiger partial charge in [-0.1, -0.05) is 60.7 Å². The van der Waals surface area contributed by atoms with Crippen molar-refractivity contribution in [3.8, 4) is 5.75 Å². The number of rotatable bonds is 2. The van der Waals surface area contributed by atoms with Crippen LogP contribution in [0.1, 0.15) is 11.1 Å². The fraction of sp³-hybridized carbons (Fsp3) is 0.0588. The van der Waals surface area contributed by atoms with Crippen molar-refractivity contribution in [2.45, 2.75) is 6.42 Å². The molecule has 1 heteroatoms. The minimum Gasteiger partial charge on any atom is -0.507 e. The van der Waals surface area contributed by atoms with E-state index < -0.39 is 0 Å². The molecule has 1 N–H and O–H groups in total. The Morgan fingerprint density at radius 1 is 0.667 bits per heavy atom. The fourth-order valence-corrected chi connectivity index (χ4v) is 2.32. The van der Waals surface area contributed by atoms with E-state index in [1.807, 2.05) is 30.3 Å². The van der Waals surface area contributed by atoms with Crippen molar-refractivity contribution in [2.24, 2.45) is 0 Å². The van der Waals surface area contributed by atoms with Crippen molar-refractivity contribution in [1.29, 1.82) is 0 Å². The number of aromatic hydroxyl groups is 1. The molecular formula is C17H14O. The van der Waals surface area contributed by atoms with Crippen LogP contribution in [0.5, 0.6) is 5.75 Å². The molecular weight excluding hydrogens is 220 g/mol. The third-order valence-corrected chi connectivity index (χ3v) is 3.23. The van der Waals surface area contributed by atoms with Crippen LogP contribution in [-0.4, -0.2) is 5.11 Å². The smallest absolute Gasteiger partial charge is 0.123 e. The zero-order chi connectivity index (χ0) is 12.4. The molecule has 0 aliphatic carbocycles. The lowest BCUT2D eigenvalue weighted by Gasteiger charge is -2.08. The molecule has 0 atom stereocenters. The van der Waals surface area contributed by atoms with Crippen molar-refractivity contribution in [3.05, 3.63) is 77.9 Å². The molecule has 0 aliphatic heterocycles. The number of benzene rings is 3. The summed E-state index contributed by atoms with van der Waals surface area (Å²) in [6, 6.07) is 22.2. The van der Waals surface area contributed by atoms with Gasteiger partial charge in [0, 0.05) is 5.39 Å². The van der Waals surface area contributed by atoms with E-state index in [2.05, 4.69) is 30.3 Å². The Hall–Kier alpha value is -2.28. The summed E-state index contributed by atoms with van der Waals surface area (Å²) in [5, 5.41) is 11.9. The van der Waals surface area contributed by atoms with E-state index in [9.17, 15) is 5.11 Å².